The number of benzene rings is 1. The maximum atomic E-state index is 11.3. The molecule has 0 fully saturated rings. The van der Waals surface area contributed by atoms with Crippen LogP contribution in [-0.4, -0.2) is 24.1 Å². The molecule has 0 saturated heterocycles. The molecular formula is C13H13NO5. The molecule has 0 bridgehead atoms. The first kappa shape index (κ1) is 13.1. The number of carbonyl (C=O) groups is 1. The maximum absolute atomic E-state index is 11.3. The number of ether oxygens (including phenoxy) is 2. The van der Waals surface area contributed by atoms with Gasteiger partial charge in [-0.05, 0) is 26.0 Å². The average molecular weight is 263 g/mol. The summed E-state index contributed by atoms with van der Waals surface area (Å²) in [6, 6.07) is 2.96. The summed E-state index contributed by atoms with van der Waals surface area (Å²) in [6.45, 7) is 4.22. The Labute approximate surface area is 108 Å². The molecule has 0 N–H and O–H groups in total. The van der Waals surface area contributed by atoms with Gasteiger partial charge >= 0.3 is 11.1 Å². The van der Waals surface area contributed by atoms with Gasteiger partial charge in [0.1, 0.15) is 23.5 Å². The fraction of sp³-hybridized carbons (Fsp3) is 0.308. The van der Waals surface area contributed by atoms with Gasteiger partial charge in [-0.15, -0.1) is 0 Å². The molecule has 6 heteroatoms. The summed E-state index contributed by atoms with van der Waals surface area (Å²) in [5.41, 5.74) is -0.594. The second-order valence-corrected chi connectivity index (χ2v) is 3.80. The van der Waals surface area contributed by atoms with Crippen molar-refractivity contribution in [2.45, 2.75) is 13.8 Å². The van der Waals surface area contributed by atoms with Crippen molar-refractivity contribution in [3.05, 3.63) is 38.4 Å². The fourth-order valence-corrected chi connectivity index (χ4v) is 1.76. The van der Waals surface area contributed by atoms with Crippen LogP contribution in [0, 0.1) is 0 Å². The lowest BCUT2D eigenvalue weighted by atomic mass is 10.2. The van der Waals surface area contributed by atoms with E-state index in [2.05, 4.69) is 0 Å². The number of aromatic nitrogens is 1. The topological polar surface area (TPSA) is 74.6 Å². The van der Waals surface area contributed by atoms with E-state index in [-0.39, 0.29) is 17.2 Å². The highest BCUT2D eigenvalue weighted by Gasteiger charge is 2.26. The minimum Gasteiger partial charge on any atom is -0.492 e. The Bertz CT molecular complexity index is 626. The van der Waals surface area contributed by atoms with Crippen LogP contribution in [0.5, 0.6) is 11.5 Å². The third kappa shape index (κ3) is 2.29. The number of rotatable bonds is 6. The molecule has 0 amide bonds. The third-order valence-corrected chi connectivity index (χ3v) is 2.56. The lowest BCUT2D eigenvalue weighted by Gasteiger charge is -2.13. The molecule has 0 aliphatic rings. The Morgan fingerprint density at radius 1 is 1.05 bits per heavy atom. The summed E-state index contributed by atoms with van der Waals surface area (Å²) in [6.07, 6.45) is 0.653. The average Bonchev–Trinajstić information content (AvgIpc) is 2.97. The van der Waals surface area contributed by atoms with Gasteiger partial charge in [0, 0.05) is 5.56 Å². The molecule has 2 aromatic rings. The third-order valence-electron chi connectivity index (χ3n) is 2.56. The van der Waals surface area contributed by atoms with Crippen molar-refractivity contribution in [1.29, 1.82) is 0 Å². The minimum atomic E-state index is -0.610. The van der Waals surface area contributed by atoms with Gasteiger partial charge in [-0.3, -0.25) is 14.4 Å². The SMILES string of the molecule is CCOc1cc(C=O)cc(OCC)c1-n1c(=O)c1=O. The standard InChI is InChI=1S/C13H13NO5/c1-3-18-9-5-8(7-15)6-10(19-4-2)11(9)14-12(16)13(14)17/h5-7H,3-4H2,1-2H3. The van der Waals surface area contributed by atoms with E-state index in [9.17, 15) is 14.4 Å². The van der Waals surface area contributed by atoms with Crippen molar-refractivity contribution < 1.29 is 14.3 Å². The van der Waals surface area contributed by atoms with E-state index in [0.29, 0.717) is 25.1 Å². The molecule has 2 rings (SSSR count). The molecule has 1 aromatic carbocycles. The first-order valence-corrected chi connectivity index (χ1v) is 5.91. The summed E-state index contributed by atoms with van der Waals surface area (Å²) in [5.74, 6) is 0.574. The molecule has 0 aliphatic carbocycles. The van der Waals surface area contributed by atoms with Crippen LogP contribution < -0.4 is 20.6 Å². The number of hydrogen-bond acceptors (Lipinski definition) is 5. The van der Waals surface area contributed by atoms with Gasteiger partial charge in [0.15, 0.2) is 0 Å². The number of nitrogens with zero attached hydrogens (tertiary/aromatic N) is 1. The van der Waals surface area contributed by atoms with E-state index in [0.717, 1.165) is 4.57 Å². The van der Waals surface area contributed by atoms with E-state index in [1.807, 2.05) is 0 Å². The predicted molar refractivity (Wildman–Crippen MR) is 68.4 cm³/mol. The zero-order valence-electron chi connectivity index (χ0n) is 10.6. The lowest BCUT2D eigenvalue weighted by Crippen LogP contribution is -2.05. The Balaban J connectivity index is 2.65. The Kier molecular flexibility index (Phi) is 3.50. The minimum absolute atomic E-state index is 0.268. The zero-order valence-corrected chi connectivity index (χ0v) is 10.6. The van der Waals surface area contributed by atoms with Gasteiger partial charge in [-0.25, -0.2) is 4.57 Å². The van der Waals surface area contributed by atoms with E-state index < -0.39 is 11.1 Å². The predicted octanol–water partition coefficient (Wildman–Crippen LogP) is 0.683. The van der Waals surface area contributed by atoms with Crippen molar-refractivity contribution in [2.24, 2.45) is 0 Å². The van der Waals surface area contributed by atoms with Crippen LogP contribution in [0.2, 0.25) is 0 Å². The van der Waals surface area contributed by atoms with Gasteiger partial charge in [-0.2, -0.15) is 0 Å². The lowest BCUT2D eigenvalue weighted by molar-refractivity contribution is 0.112. The van der Waals surface area contributed by atoms with Crippen LogP contribution in [0.3, 0.4) is 0 Å². The molecule has 19 heavy (non-hydrogen) atoms. The van der Waals surface area contributed by atoms with Gasteiger partial charge in [0.25, 0.3) is 0 Å². The molecule has 1 heterocycles. The highest BCUT2D eigenvalue weighted by molar-refractivity contribution is 5.79. The summed E-state index contributed by atoms with van der Waals surface area (Å²) in [4.78, 5) is 33.4. The number of hydrogen-bond donors (Lipinski definition) is 0. The smallest absolute Gasteiger partial charge is 0.324 e. The van der Waals surface area contributed by atoms with Gasteiger partial charge in [-0.1, -0.05) is 0 Å². The van der Waals surface area contributed by atoms with E-state index >= 15 is 0 Å². The van der Waals surface area contributed by atoms with Crippen molar-refractivity contribution >= 4 is 6.29 Å². The van der Waals surface area contributed by atoms with Crippen LogP contribution in [0.25, 0.3) is 5.69 Å². The van der Waals surface area contributed by atoms with Gasteiger partial charge < -0.3 is 9.47 Å². The highest BCUT2D eigenvalue weighted by atomic mass is 16.5. The van der Waals surface area contributed by atoms with Crippen LogP contribution in [0.4, 0.5) is 0 Å². The summed E-state index contributed by atoms with van der Waals surface area (Å²) in [7, 11) is 0. The zero-order chi connectivity index (χ0) is 14.0. The quantitative estimate of drug-likeness (QED) is 0.566. The van der Waals surface area contributed by atoms with E-state index in [1.165, 1.54) is 12.1 Å². The highest BCUT2D eigenvalue weighted by Crippen LogP contribution is 2.33. The molecule has 100 valence electrons. The summed E-state index contributed by atoms with van der Waals surface area (Å²) < 4.78 is 11.7. The molecule has 0 atom stereocenters. The van der Waals surface area contributed by atoms with Crippen LogP contribution >= 0.6 is 0 Å². The fourth-order valence-electron chi connectivity index (χ4n) is 1.76. The van der Waals surface area contributed by atoms with Crippen molar-refractivity contribution in [3.63, 3.8) is 0 Å². The second-order valence-electron chi connectivity index (χ2n) is 3.80. The summed E-state index contributed by atoms with van der Waals surface area (Å²) in [5, 5.41) is 0. The first-order chi connectivity index (χ1) is 9.13. The largest absolute Gasteiger partial charge is 0.492 e. The molecule has 0 spiro atoms. The molecule has 0 saturated carbocycles. The van der Waals surface area contributed by atoms with Crippen LogP contribution in [0.15, 0.2) is 21.7 Å². The van der Waals surface area contributed by atoms with Crippen molar-refractivity contribution in [1.82, 2.24) is 4.57 Å². The first-order valence-electron chi connectivity index (χ1n) is 5.91. The molecule has 6 nitrogen and oxygen atoms in total. The van der Waals surface area contributed by atoms with Crippen LogP contribution in [0.1, 0.15) is 24.2 Å². The molecule has 0 aliphatic heterocycles. The summed E-state index contributed by atoms with van der Waals surface area (Å²) >= 11 is 0. The maximum Gasteiger partial charge on any atom is 0.324 e. The van der Waals surface area contributed by atoms with E-state index in [1.54, 1.807) is 13.8 Å². The molecule has 0 radical (unpaired) electrons. The van der Waals surface area contributed by atoms with Crippen molar-refractivity contribution in [3.8, 4) is 17.2 Å². The monoisotopic (exact) mass is 263 g/mol. The Morgan fingerprint density at radius 2 is 1.53 bits per heavy atom. The van der Waals surface area contributed by atoms with Gasteiger partial charge in [0.05, 0.1) is 13.2 Å². The molecule has 0 unspecified atom stereocenters. The second kappa shape index (κ2) is 5.09. The van der Waals surface area contributed by atoms with Gasteiger partial charge in [0.2, 0.25) is 0 Å². The van der Waals surface area contributed by atoms with E-state index in [4.69, 9.17) is 9.47 Å². The molecular weight excluding hydrogens is 250 g/mol. The Morgan fingerprint density at radius 3 is 1.84 bits per heavy atom. The number of aldehydes is 1. The van der Waals surface area contributed by atoms with Crippen LogP contribution in [-0.2, 0) is 0 Å². The van der Waals surface area contributed by atoms with Crippen molar-refractivity contribution in [2.75, 3.05) is 13.2 Å². The normalized spacial score (nSPS) is 10.6. The number of carbonyl (C=O) groups excluding carboxylic acids is 1. The molecule has 1 aromatic heterocycles. The Hall–Kier alpha value is -2.37.